The van der Waals surface area contributed by atoms with E-state index in [9.17, 15) is 26.2 Å². The lowest BCUT2D eigenvalue weighted by Gasteiger charge is -2.15. The third kappa shape index (κ3) is 4.93. The molecule has 0 aromatic heterocycles. The third-order valence-electron chi connectivity index (χ3n) is 2.16. The smallest absolute Gasteiger partial charge is 0.232 e. The number of hydrogen-bond donors (Lipinski definition) is 0. The van der Waals surface area contributed by atoms with Crippen molar-refractivity contribution in [2.75, 3.05) is 12.5 Å². The van der Waals surface area contributed by atoms with Gasteiger partial charge in [0.2, 0.25) is 6.79 Å². The van der Waals surface area contributed by atoms with E-state index in [1.165, 1.54) is 6.07 Å². The first kappa shape index (κ1) is 18.4. The van der Waals surface area contributed by atoms with E-state index in [-0.39, 0.29) is 4.90 Å². The zero-order chi connectivity index (χ0) is 16.1. The monoisotopic (exact) mass is 363 g/mol. The Morgan fingerprint density at radius 1 is 1.33 bits per heavy atom. The van der Waals surface area contributed by atoms with E-state index in [1.807, 2.05) is 0 Å². The molecule has 0 fully saturated rings. The molecule has 21 heavy (non-hydrogen) atoms. The molecule has 118 valence electrons. The van der Waals surface area contributed by atoms with Crippen molar-refractivity contribution in [3.05, 3.63) is 23.8 Å². The Morgan fingerprint density at radius 2 is 2.00 bits per heavy atom. The summed E-state index contributed by atoms with van der Waals surface area (Å²) < 4.78 is 81.5. The molecule has 0 amide bonds. The molecule has 0 N–H and O–H groups in total. The predicted molar refractivity (Wildman–Crippen MR) is 71.1 cm³/mol. The highest BCUT2D eigenvalue weighted by atomic mass is 32.2. The Balaban J connectivity index is 3.38. The van der Waals surface area contributed by atoms with Crippen molar-refractivity contribution >= 4 is 30.6 Å². The number of halogens is 3. The summed E-state index contributed by atoms with van der Waals surface area (Å²) in [6.45, 7) is 0.747. The number of thioether (sulfide) groups is 1. The standard InChI is InChI=1S/C10H11F3O5PS2/c1-2-20-8-5-3-4-7(10(11,12)13)9(8)21(15,16)18-6-17-19-14/h3-5,19H,2,6H2,1H3/q+1. The lowest BCUT2D eigenvalue weighted by molar-refractivity contribution is -0.140. The topological polar surface area (TPSA) is 69.7 Å². The van der Waals surface area contributed by atoms with Crippen LogP contribution in [-0.2, 0) is 29.6 Å². The van der Waals surface area contributed by atoms with Crippen LogP contribution in [0.4, 0.5) is 13.2 Å². The molecule has 0 aliphatic heterocycles. The molecule has 0 saturated carbocycles. The summed E-state index contributed by atoms with van der Waals surface area (Å²) in [5.41, 5.74) is -1.31. The molecule has 0 radical (unpaired) electrons. The lowest BCUT2D eigenvalue weighted by atomic mass is 10.2. The average Bonchev–Trinajstić information content (AvgIpc) is 2.38. The van der Waals surface area contributed by atoms with Crippen molar-refractivity contribution in [1.82, 2.24) is 0 Å². The van der Waals surface area contributed by atoms with Gasteiger partial charge in [0.25, 0.3) is 0 Å². The molecule has 0 bridgehead atoms. The zero-order valence-corrected chi connectivity index (χ0v) is 13.3. The molecule has 0 heterocycles. The average molecular weight is 363 g/mol. The van der Waals surface area contributed by atoms with Gasteiger partial charge >= 0.3 is 25.0 Å². The van der Waals surface area contributed by atoms with E-state index in [0.717, 1.165) is 17.8 Å². The summed E-state index contributed by atoms with van der Waals surface area (Å²) in [7, 11) is -5.98. The number of benzene rings is 1. The van der Waals surface area contributed by atoms with E-state index in [0.29, 0.717) is 11.8 Å². The molecule has 5 nitrogen and oxygen atoms in total. The molecule has 0 spiro atoms. The van der Waals surface area contributed by atoms with Crippen molar-refractivity contribution < 1.29 is 34.9 Å². The first-order chi connectivity index (χ1) is 9.74. The minimum Gasteiger partial charge on any atom is -0.232 e. The first-order valence-electron chi connectivity index (χ1n) is 5.45. The van der Waals surface area contributed by atoms with E-state index in [1.54, 1.807) is 6.92 Å². The molecule has 1 rings (SSSR count). The summed E-state index contributed by atoms with van der Waals surface area (Å²) in [6, 6.07) is 3.04. The van der Waals surface area contributed by atoms with Crippen molar-refractivity contribution in [2.45, 2.75) is 22.9 Å². The summed E-state index contributed by atoms with van der Waals surface area (Å²) in [4.78, 5) is -1.03. The summed E-state index contributed by atoms with van der Waals surface area (Å²) in [5.74, 6) is 0.377. The van der Waals surface area contributed by atoms with Gasteiger partial charge < -0.3 is 0 Å². The minimum absolute atomic E-state index is 0.0723. The van der Waals surface area contributed by atoms with Crippen LogP contribution in [0.5, 0.6) is 0 Å². The van der Waals surface area contributed by atoms with Crippen LogP contribution in [0.15, 0.2) is 28.0 Å². The summed E-state index contributed by atoms with van der Waals surface area (Å²) in [6.07, 6.45) is -4.85. The minimum atomic E-state index is -4.85. The first-order valence-corrected chi connectivity index (χ1v) is 8.66. The highest BCUT2D eigenvalue weighted by Crippen LogP contribution is 2.39. The van der Waals surface area contributed by atoms with Gasteiger partial charge in [0.05, 0.1) is 5.56 Å². The second kappa shape index (κ2) is 7.55. The Hall–Kier alpha value is -0.670. The zero-order valence-electron chi connectivity index (χ0n) is 10.6. The molecule has 1 atom stereocenters. The number of hydrogen-bond acceptors (Lipinski definition) is 6. The second-order valence-electron chi connectivity index (χ2n) is 3.48. The van der Waals surface area contributed by atoms with Gasteiger partial charge in [-0.25, -0.2) is 4.18 Å². The van der Waals surface area contributed by atoms with Gasteiger partial charge in [-0.15, -0.1) is 16.3 Å². The van der Waals surface area contributed by atoms with Gasteiger partial charge in [0.15, 0.2) is 0 Å². The van der Waals surface area contributed by atoms with Gasteiger partial charge in [0.1, 0.15) is 4.90 Å². The SMILES string of the molecule is CCSc1cccc(C(F)(F)F)c1S(=O)(=O)OCO[PH+]=O. The quantitative estimate of drug-likeness (QED) is 0.243. The third-order valence-corrected chi connectivity index (χ3v) is 4.81. The number of rotatable bonds is 7. The van der Waals surface area contributed by atoms with Crippen LogP contribution in [-0.4, -0.2) is 21.0 Å². The molecular formula is C10H11F3O5PS2+. The Kier molecular flexibility index (Phi) is 6.61. The van der Waals surface area contributed by atoms with Crippen molar-refractivity contribution in [3.8, 4) is 0 Å². The van der Waals surface area contributed by atoms with Crippen LogP contribution in [0.25, 0.3) is 0 Å². The largest absolute Gasteiger partial charge is 0.496 e. The van der Waals surface area contributed by atoms with Crippen molar-refractivity contribution in [3.63, 3.8) is 0 Å². The maximum atomic E-state index is 13.0. The van der Waals surface area contributed by atoms with Gasteiger partial charge in [-0.05, 0) is 22.5 Å². The Bertz CT molecular complexity index is 603. The molecule has 0 saturated heterocycles. The molecule has 1 aromatic carbocycles. The van der Waals surface area contributed by atoms with E-state index in [4.69, 9.17) is 0 Å². The molecule has 11 heteroatoms. The van der Waals surface area contributed by atoms with Crippen molar-refractivity contribution in [1.29, 1.82) is 0 Å². The maximum Gasteiger partial charge on any atom is 0.496 e. The molecular weight excluding hydrogens is 352 g/mol. The van der Waals surface area contributed by atoms with Crippen LogP contribution in [0.2, 0.25) is 0 Å². The molecule has 0 aliphatic carbocycles. The fourth-order valence-corrected chi connectivity index (χ4v) is 3.90. The van der Waals surface area contributed by atoms with Crippen LogP contribution in [0, 0.1) is 0 Å². The van der Waals surface area contributed by atoms with E-state index in [2.05, 4.69) is 8.71 Å². The van der Waals surface area contributed by atoms with Gasteiger partial charge in [-0.3, -0.25) is 0 Å². The predicted octanol–water partition coefficient (Wildman–Crippen LogP) is 3.44. The van der Waals surface area contributed by atoms with Gasteiger partial charge in [0, 0.05) is 4.90 Å². The van der Waals surface area contributed by atoms with Gasteiger partial charge in [-0.2, -0.15) is 21.6 Å². The van der Waals surface area contributed by atoms with Crippen molar-refractivity contribution in [2.24, 2.45) is 0 Å². The fraction of sp³-hybridized carbons (Fsp3) is 0.400. The summed E-state index contributed by atoms with van der Waals surface area (Å²) in [5, 5.41) is 0. The van der Waals surface area contributed by atoms with E-state index < -0.39 is 42.2 Å². The highest BCUT2D eigenvalue weighted by molar-refractivity contribution is 8.00. The summed E-state index contributed by atoms with van der Waals surface area (Å²) >= 11 is 0.938. The lowest BCUT2D eigenvalue weighted by Crippen LogP contribution is -2.17. The van der Waals surface area contributed by atoms with Crippen LogP contribution in [0.3, 0.4) is 0 Å². The fourth-order valence-electron chi connectivity index (χ4n) is 1.44. The van der Waals surface area contributed by atoms with Crippen LogP contribution < -0.4 is 0 Å². The van der Waals surface area contributed by atoms with Crippen LogP contribution >= 0.6 is 20.4 Å². The molecule has 1 unspecified atom stereocenters. The van der Waals surface area contributed by atoms with Crippen LogP contribution in [0.1, 0.15) is 12.5 Å². The number of alkyl halides is 3. The second-order valence-corrected chi connectivity index (χ2v) is 6.79. The normalized spacial score (nSPS) is 12.8. The molecule has 0 aliphatic rings. The van der Waals surface area contributed by atoms with Gasteiger partial charge in [-0.1, -0.05) is 13.0 Å². The molecule has 1 aromatic rings. The van der Waals surface area contributed by atoms with E-state index >= 15 is 0 Å². The Labute approximate surface area is 125 Å². The highest BCUT2D eigenvalue weighted by Gasteiger charge is 2.39. The maximum absolute atomic E-state index is 13.0. The Morgan fingerprint density at radius 3 is 2.52 bits per heavy atom.